The van der Waals surface area contributed by atoms with Crippen molar-refractivity contribution in [1.29, 1.82) is 0 Å². The van der Waals surface area contributed by atoms with Gasteiger partial charge in [0.05, 0.1) is 5.92 Å². The molecule has 2 atom stereocenters. The molecule has 4 heteroatoms. The van der Waals surface area contributed by atoms with Gasteiger partial charge in [0, 0.05) is 32.2 Å². The second-order valence-electron chi connectivity index (χ2n) is 5.51. The van der Waals surface area contributed by atoms with Crippen LogP contribution in [0, 0.1) is 5.92 Å². The summed E-state index contributed by atoms with van der Waals surface area (Å²) in [4.78, 5) is 16.7. The molecule has 1 fully saturated rings. The van der Waals surface area contributed by atoms with E-state index in [4.69, 9.17) is 5.73 Å². The van der Waals surface area contributed by atoms with Crippen LogP contribution < -0.4 is 5.73 Å². The predicted octanol–water partition coefficient (Wildman–Crippen LogP) is 0.833. The topological polar surface area (TPSA) is 49.6 Å². The molecule has 2 rings (SSSR count). The summed E-state index contributed by atoms with van der Waals surface area (Å²) in [6, 6.07) is 0.472. The summed E-state index contributed by atoms with van der Waals surface area (Å²) in [6.07, 6.45) is 6.90. The molecule has 1 aliphatic heterocycles. The summed E-state index contributed by atoms with van der Waals surface area (Å²) >= 11 is 0. The van der Waals surface area contributed by atoms with Crippen LogP contribution in [0.5, 0.6) is 0 Å². The molecule has 0 radical (unpaired) electrons. The van der Waals surface area contributed by atoms with Crippen LogP contribution in [0.2, 0.25) is 0 Å². The highest BCUT2D eigenvalue weighted by Gasteiger charge is 2.30. The van der Waals surface area contributed by atoms with Gasteiger partial charge in [-0.25, -0.2) is 0 Å². The van der Waals surface area contributed by atoms with Crippen molar-refractivity contribution >= 4 is 5.91 Å². The smallest absolute Gasteiger partial charge is 0.229 e. The lowest BCUT2D eigenvalue weighted by Gasteiger charge is -2.37. The molecule has 1 saturated heterocycles. The monoisotopic (exact) mass is 251 g/mol. The van der Waals surface area contributed by atoms with Crippen LogP contribution in [-0.4, -0.2) is 54.5 Å². The van der Waals surface area contributed by atoms with E-state index >= 15 is 0 Å². The zero-order valence-corrected chi connectivity index (χ0v) is 11.5. The molecule has 0 spiro atoms. The Labute approximate surface area is 110 Å². The van der Waals surface area contributed by atoms with Crippen molar-refractivity contribution < 1.29 is 4.79 Å². The molecule has 4 nitrogen and oxygen atoms in total. The molecule has 0 saturated carbocycles. The highest BCUT2D eigenvalue weighted by Crippen LogP contribution is 2.22. The number of piperidine rings is 1. The van der Waals surface area contributed by atoms with E-state index in [2.05, 4.69) is 11.8 Å². The largest absolute Gasteiger partial charge is 0.342 e. The van der Waals surface area contributed by atoms with E-state index in [0.717, 1.165) is 38.9 Å². The first-order valence-electron chi connectivity index (χ1n) is 7.04. The Kier molecular flexibility index (Phi) is 4.40. The lowest BCUT2D eigenvalue weighted by Crippen LogP contribution is -2.47. The predicted molar refractivity (Wildman–Crippen MR) is 73.1 cm³/mol. The van der Waals surface area contributed by atoms with Gasteiger partial charge in [-0.2, -0.15) is 0 Å². The molecular formula is C14H25N3O. The van der Waals surface area contributed by atoms with E-state index in [1.165, 1.54) is 0 Å². The molecule has 1 heterocycles. The van der Waals surface area contributed by atoms with Crippen LogP contribution in [0.25, 0.3) is 0 Å². The first kappa shape index (κ1) is 13.6. The molecule has 0 bridgehead atoms. The van der Waals surface area contributed by atoms with Gasteiger partial charge in [-0.15, -0.1) is 0 Å². The molecule has 2 aliphatic rings. The number of rotatable bonds is 3. The number of carbonyl (C=O) groups is 1. The minimum Gasteiger partial charge on any atom is -0.342 e. The number of carbonyl (C=O) groups excluding carboxylic acids is 1. The second-order valence-corrected chi connectivity index (χ2v) is 5.51. The molecule has 1 amide bonds. The third kappa shape index (κ3) is 2.93. The number of hydrogen-bond donors (Lipinski definition) is 1. The average molecular weight is 251 g/mol. The Morgan fingerprint density at radius 1 is 1.39 bits per heavy atom. The molecule has 2 unspecified atom stereocenters. The van der Waals surface area contributed by atoms with E-state index in [1.54, 1.807) is 0 Å². The van der Waals surface area contributed by atoms with Gasteiger partial charge in [-0.3, -0.25) is 4.79 Å². The van der Waals surface area contributed by atoms with E-state index in [0.29, 0.717) is 6.04 Å². The number of amides is 1. The van der Waals surface area contributed by atoms with Crippen molar-refractivity contribution in [2.24, 2.45) is 11.7 Å². The maximum atomic E-state index is 12.3. The van der Waals surface area contributed by atoms with E-state index < -0.39 is 0 Å². The zero-order valence-electron chi connectivity index (χ0n) is 11.5. The van der Waals surface area contributed by atoms with Crippen molar-refractivity contribution in [3.8, 4) is 0 Å². The van der Waals surface area contributed by atoms with Gasteiger partial charge in [0.1, 0.15) is 0 Å². The molecule has 0 aromatic carbocycles. The van der Waals surface area contributed by atoms with Gasteiger partial charge < -0.3 is 15.5 Å². The fraction of sp³-hybridized carbons (Fsp3) is 0.786. The first-order valence-corrected chi connectivity index (χ1v) is 7.04. The molecule has 102 valence electrons. The van der Waals surface area contributed by atoms with E-state index in [-0.39, 0.29) is 17.9 Å². The lowest BCUT2D eigenvalue weighted by atomic mass is 10.0. The van der Waals surface area contributed by atoms with Gasteiger partial charge in [-0.05, 0) is 25.8 Å². The van der Waals surface area contributed by atoms with Crippen LogP contribution in [0.15, 0.2) is 12.2 Å². The van der Waals surface area contributed by atoms with Crippen LogP contribution in [0.3, 0.4) is 0 Å². The summed E-state index contributed by atoms with van der Waals surface area (Å²) < 4.78 is 0. The maximum Gasteiger partial charge on any atom is 0.229 e. The highest BCUT2D eigenvalue weighted by molar-refractivity contribution is 5.81. The minimum atomic E-state index is 0.00852. The Morgan fingerprint density at radius 3 is 2.56 bits per heavy atom. The summed E-state index contributed by atoms with van der Waals surface area (Å²) in [5, 5.41) is 0. The third-order valence-electron chi connectivity index (χ3n) is 4.33. The van der Waals surface area contributed by atoms with Gasteiger partial charge >= 0.3 is 0 Å². The molecule has 2 N–H and O–H groups in total. The van der Waals surface area contributed by atoms with Crippen LogP contribution in [0.4, 0.5) is 0 Å². The lowest BCUT2D eigenvalue weighted by molar-refractivity contribution is -0.135. The SMILES string of the molecule is CCN1CCC(N(C)C(=O)C2C=CC(N)C2)CC1. The molecular weight excluding hydrogens is 226 g/mol. The van der Waals surface area contributed by atoms with Gasteiger partial charge in [0.15, 0.2) is 0 Å². The fourth-order valence-corrected chi connectivity index (χ4v) is 2.97. The van der Waals surface area contributed by atoms with Crippen molar-refractivity contribution in [3.63, 3.8) is 0 Å². The molecule has 0 aromatic heterocycles. The van der Waals surface area contributed by atoms with Crippen LogP contribution >= 0.6 is 0 Å². The van der Waals surface area contributed by atoms with Crippen LogP contribution in [-0.2, 0) is 4.79 Å². The zero-order chi connectivity index (χ0) is 13.1. The minimum absolute atomic E-state index is 0.00852. The Hall–Kier alpha value is -0.870. The van der Waals surface area contributed by atoms with Crippen LogP contribution in [0.1, 0.15) is 26.2 Å². The number of nitrogens with zero attached hydrogens (tertiary/aromatic N) is 2. The second kappa shape index (κ2) is 5.85. The number of likely N-dealkylation sites (tertiary alicyclic amines) is 1. The quantitative estimate of drug-likeness (QED) is 0.756. The fourth-order valence-electron chi connectivity index (χ4n) is 2.97. The maximum absolute atomic E-state index is 12.3. The normalized spacial score (nSPS) is 29.7. The number of hydrogen-bond acceptors (Lipinski definition) is 3. The van der Waals surface area contributed by atoms with Crippen molar-refractivity contribution in [3.05, 3.63) is 12.2 Å². The van der Waals surface area contributed by atoms with Gasteiger partial charge in [-0.1, -0.05) is 19.1 Å². The summed E-state index contributed by atoms with van der Waals surface area (Å²) in [7, 11) is 1.95. The standard InChI is InChI=1S/C14H25N3O/c1-3-17-8-6-13(7-9-17)16(2)14(18)11-4-5-12(15)10-11/h4-5,11-13H,3,6-10,15H2,1-2H3. The first-order chi connectivity index (χ1) is 8.61. The Morgan fingerprint density at radius 2 is 2.06 bits per heavy atom. The molecule has 18 heavy (non-hydrogen) atoms. The van der Waals surface area contributed by atoms with E-state index in [1.807, 2.05) is 24.1 Å². The van der Waals surface area contributed by atoms with Crippen molar-refractivity contribution in [2.45, 2.75) is 38.3 Å². The molecule has 0 aromatic rings. The highest BCUT2D eigenvalue weighted by atomic mass is 16.2. The Balaban J connectivity index is 1.86. The van der Waals surface area contributed by atoms with E-state index in [9.17, 15) is 4.79 Å². The van der Waals surface area contributed by atoms with Gasteiger partial charge in [0.2, 0.25) is 5.91 Å². The summed E-state index contributed by atoms with van der Waals surface area (Å²) in [6.45, 7) is 5.53. The van der Waals surface area contributed by atoms with Gasteiger partial charge in [0.25, 0.3) is 0 Å². The summed E-state index contributed by atoms with van der Waals surface area (Å²) in [5.74, 6) is 0.253. The number of nitrogens with two attached hydrogens (primary N) is 1. The van der Waals surface area contributed by atoms with Crippen molar-refractivity contribution in [1.82, 2.24) is 9.80 Å². The Bertz CT molecular complexity index is 321. The molecule has 1 aliphatic carbocycles. The van der Waals surface area contributed by atoms with Crippen molar-refractivity contribution in [2.75, 3.05) is 26.7 Å². The third-order valence-corrected chi connectivity index (χ3v) is 4.33. The average Bonchev–Trinajstić information content (AvgIpc) is 2.84. The summed E-state index contributed by atoms with van der Waals surface area (Å²) in [5.41, 5.74) is 5.81.